The summed E-state index contributed by atoms with van der Waals surface area (Å²) in [7, 11) is 2.44. The van der Waals surface area contributed by atoms with Gasteiger partial charge in [0.05, 0.1) is 20.6 Å². The largest absolute Gasteiger partial charge is 0.469 e. The first kappa shape index (κ1) is 17.5. The molecule has 1 N–H and O–H groups in total. The maximum Gasteiger partial charge on any atom is 0.322 e. The van der Waals surface area contributed by atoms with Crippen LogP contribution in [0.3, 0.4) is 0 Å². The summed E-state index contributed by atoms with van der Waals surface area (Å²) in [4.78, 5) is 22.4. The summed E-state index contributed by atoms with van der Waals surface area (Å²) in [5, 5.41) is 2.79. The van der Waals surface area contributed by atoms with Crippen LogP contribution in [-0.2, 0) is 19.1 Å². The Bertz CT molecular complexity index is 330. The van der Waals surface area contributed by atoms with Crippen molar-refractivity contribution in [3.8, 4) is 0 Å². The van der Waals surface area contributed by atoms with E-state index in [-0.39, 0.29) is 13.0 Å². The van der Waals surface area contributed by atoms with Crippen LogP contribution in [0.25, 0.3) is 0 Å². The van der Waals surface area contributed by atoms with Crippen LogP contribution in [0.2, 0.25) is 0 Å². The van der Waals surface area contributed by atoms with E-state index in [1.807, 2.05) is 0 Å². The van der Waals surface area contributed by atoms with E-state index >= 15 is 0 Å². The molecule has 0 rings (SSSR count). The lowest BCUT2D eigenvalue weighted by atomic mass is 10.0. The van der Waals surface area contributed by atoms with E-state index in [1.54, 1.807) is 6.92 Å². The predicted octanol–water partition coefficient (Wildman–Crippen LogP) is 1.49. The Morgan fingerprint density at radius 2 is 1.89 bits per heavy atom. The molecule has 5 nitrogen and oxygen atoms in total. The van der Waals surface area contributed by atoms with Gasteiger partial charge in [-0.05, 0) is 12.5 Å². The highest BCUT2D eigenvalue weighted by Gasteiger charge is 2.20. The second-order valence-corrected chi connectivity index (χ2v) is 3.89. The molecule has 0 fully saturated rings. The molecule has 0 heterocycles. The molecular formula is C12H19F2NO4. The maximum atomic E-state index is 12.3. The summed E-state index contributed by atoms with van der Waals surface area (Å²) in [6.45, 7) is 1.82. The fourth-order valence-corrected chi connectivity index (χ4v) is 1.50. The van der Waals surface area contributed by atoms with E-state index in [2.05, 4.69) is 14.8 Å². The van der Waals surface area contributed by atoms with E-state index in [9.17, 15) is 18.4 Å². The third-order valence-electron chi connectivity index (χ3n) is 2.54. The number of ether oxygens (including phenoxy) is 2. The Labute approximate surface area is 110 Å². The van der Waals surface area contributed by atoms with Crippen molar-refractivity contribution in [2.45, 2.75) is 25.8 Å². The topological polar surface area (TPSA) is 64.6 Å². The fourth-order valence-electron chi connectivity index (χ4n) is 1.50. The van der Waals surface area contributed by atoms with Crippen LogP contribution in [-0.4, -0.2) is 38.7 Å². The molecule has 0 aromatic rings. The summed E-state index contributed by atoms with van der Waals surface area (Å²) in [6, 6.07) is -0.582. The Kier molecular flexibility index (Phi) is 8.69. The van der Waals surface area contributed by atoms with Crippen molar-refractivity contribution < 1.29 is 27.8 Å². The molecule has 0 aromatic carbocycles. The van der Waals surface area contributed by atoms with E-state index in [1.165, 1.54) is 14.2 Å². The Morgan fingerprint density at radius 3 is 2.32 bits per heavy atom. The molecule has 0 aliphatic carbocycles. The molecule has 0 saturated carbocycles. The zero-order valence-electron chi connectivity index (χ0n) is 11.2. The minimum Gasteiger partial charge on any atom is -0.469 e. The summed E-state index contributed by atoms with van der Waals surface area (Å²) >= 11 is 0. The van der Waals surface area contributed by atoms with Gasteiger partial charge < -0.3 is 14.8 Å². The highest BCUT2D eigenvalue weighted by Crippen LogP contribution is 2.11. The van der Waals surface area contributed by atoms with Crippen LogP contribution < -0.4 is 5.32 Å². The molecule has 0 radical (unpaired) electrons. The van der Waals surface area contributed by atoms with Crippen LogP contribution in [0.4, 0.5) is 8.78 Å². The van der Waals surface area contributed by atoms with Gasteiger partial charge in [0.1, 0.15) is 6.04 Å². The van der Waals surface area contributed by atoms with Crippen molar-refractivity contribution in [2.24, 2.45) is 5.92 Å². The number of nitrogens with one attached hydrogen (secondary N) is 1. The van der Waals surface area contributed by atoms with Gasteiger partial charge in [-0.3, -0.25) is 9.59 Å². The number of esters is 2. The number of methoxy groups -OCH3 is 2. The zero-order valence-corrected chi connectivity index (χ0v) is 11.2. The SMILES string of the molecule is CC[C@H](NCC(C=C(F)F)CC(=O)OC)C(=O)OC. The first-order valence-corrected chi connectivity index (χ1v) is 5.85. The van der Waals surface area contributed by atoms with E-state index in [0.29, 0.717) is 12.5 Å². The molecule has 0 aliphatic rings. The van der Waals surface area contributed by atoms with Gasteiger partial charge in [-0.2, -0.15) is 8.78 Å². The van der Waals surface area contributed by atoms with Crippen molar-refractivity contribution in [2.75, 3.05) is 20.8 Å². The number of halogens is 2. The quantitative estimate of drug-likeness (QED) is 0.682. The molecule has 2 atom stereocenters. The summed E-state index contributed by atoms with van der Waals surface area (Å²) in [5.41, 5.74) is 0. The standard InChI is InChI=1S/C12H19F2NO4/c1-4-9(12(17)19-3)15-7-8(5-10(13)14)6-11(16)18-2/h5,8-9,15H,4,6-7H2,1-3H3/t8?,9-/m0/s1. The smallest absolute Gasteiger partial charge is 0.322 e. The maximum absolute atomic E-state index is 12.3. The van der Waals surface area contributed by atoms with E-state index in [4.69, 9.17) is 0 Å². The predicted molar refractivity (Wildman–Crippen MR) is 64.5 cm³/mol. The third kappa shape index (κ3) is 7.50. The average Bonchev–Trinajstić information content (AvgIpc) is 2.37. The van der Waals surface area contributed by atoms with Crippen molar-refractivity contribution >= 4 is 11.9 Å². The summed E-state index contributed by atoms with van der Waals surface area (Å²) in [5.74, 6) is -1.80. The molecule has 7 heteroatoms. The van der Waals surface area contributed by atoms with Gasteiger partial charge in [-0.15, -0.1) is 0 Å². The van der Waals surface area contributed by atoms with Gasteiger partial charge in [0, 0.05) is 12.5 Å². The first-order valence-electron chi connectivity index (χ1n) is 5.85. The molecule has 0 aliphatic heterocycles. The fraction of sp³-hybridized carbons (Fsp3) is 0.667. The van der Waals surface area contributed by atoms with Crippen molar-refractivity contribution in [3.05, 3.63) is 12.2 Å². The minimum atomic E-state index is -1.87. The second kappa shape index (κ2) is 9.43. The zero-order chi connectivity index (χ0) is 14.8. The number of carbonyl (C=O) groups is 2. The lowest BCUT2D eigenvalue weighted by Gasteiger charge is -2.17. The van der Waals surface area contributed by atoms with Crippen LogP contribution in [0.5, 0.6) is 0 Å². The van der Waals surface area contributed by atoms with Crippen LogP contribution >= 0.6 is 0 Å². The second-order valence-electron chi connectivity index (χ2n) is 3.89. The molecular weight excluding hydrogens is 260 g/mol. The number of rotatable bonds is 8. The van der Waals surface area contributed by atoms with E-state index < -0.39 is 30.0 Å². The Balaban J connectivity index is 4.51. The third-order valence-corrected chi connectivity index (χ3v) is 2.54. The van der Waals surface area contributed by atoms with Crippen LogP contribution in [0.15, 0.2) is 12.2 Å². The normalized spacial score (nSPS) is 13.3. The number of carbonyl (C=O) groups excluding carboxylic acids is 2. The highest BCUT2D eigenvalue weighted by molar-refractivity contribution is 5.75. The lowest BCUT2D eigenvalue weighted by molar-refractivity contribution is -0.143. The van der Waals surface area contributed by atoms with Gasteiger partial charge >= 0.3 is 11.9 Å². The Hall–Kier alpha value is -1.50. The molecule has 0 aromatic heterocycles. The molecule has 19 heavy (non-hydrogen) atoms. The molecule has 0 amide bonds. The van der Waals surface area contributed by atoms with Crippen LogP contribution in [0.1, 0.15) is 19.8 Å². The number of hydrogen-bond acceptors (Lipinski definition) is 5. The van der Waals surface area contributed by atoms with Gasteiger partial charge in [0.2, 0.25) is 0 Å². The number of hydrogen-bond donors (Lipinski definition) is 1. The Morgan fingerprint density at radius 1 is 1.26 bits per heavy atom. The van der Waals surface area contributed by atoms with Gasteiger partial charge in [-0.1, -0.05) is 6.92 Å². The molecule has 110 valence electrons. The molecule has 0 saturated heterocycles. The minimum absolute atomic E-state index is 0.0556. The highest BCUT2D eigenvalue weighted by atomic mass is 19.3. The van der Waals surface area contributed by atoms with E-state index in [0.717, 1.165) is 0 Å². The van der Waals surface area contributed by atoms with Gasteiger partial charge in [0.15, 0.2) is 0 Å². The van der Waals surface area contributed by atoms with Crippen molar-refractivity contribution in [1.29, 1.82) is 0 Å². The molecule has 0 spiro atoms. The van der Waals surface area contributed by atoms with Crippen LogP contribution in [0, 0.1) is 5.92 Å². The van der Waals surface area contributed by atoms with Crippen molar-refractivity contribution in [1.82, 2.24) is 5.32 Å². The first-order chi connectivity index (χ1) is 8.94. The monoisotopic (exact) mass is 279 g/mol. The lowest BCUT2D eigenvalue weighted by Crippen LogP contribution is -2.39. The van der Waals surface area contributed by atoms with Gasteiger partial charge in [0.25, 0.3) is 6.08 Å². The molecule has 0 bridgehead atoms. The van der Waals surface area contributed by atoms with Crippen molar-refractivity contribution in [3.63, 3.8) is 0 Å². The summed E-state index contributed by atoms with van der Waals surface area (Å²) < 4.78 is 33.5. The van der Waals surface area contributed by atoms with Gasteiger partial charge in [-0.25, -0.2) is 0 Å². The molecule has 1 unspecified atom stereocenters. The average molecular weight is 279 g/mol. The summed E-state index contributed by atoms with van der Waals surface area (Å²) in [6.07, 6.45) is -0.923.